The van der Waals surface area contributed by atoms with E-state index in [0.717, 1.165) is 0 Å². The van der Waals surface area contributed by atoms with E-state index >= 15 is 0 Å². The molecule has 7 nitrogen and oxygen atoms in total. The van der Waals surface area contributed by atoms with Crippen molar-refractivity contribution < 1.29 is 19.5 Å². The highest BCUT2D eigenvalue weighted by Crippen LogP contribution is 2.09. The summed E-state index contributed by atoms with van der Waals surface area (Å²) in [4.78, 5) is 37.3. The molecule has 1 fully saturated rings. The van der Waals surface area contributed by atoms with Crippen molar-refractivity contribution in [3.05, 3.63) is 0 Å². The number of carboxylic acid groups (broad SMARTS) is 1. The van der Waals surface area contributed by atoms with Gasteiger partial charge in [-0.1, -0.05) is 6.92 Å². The summed E-state index contributed by atoms with van der Waals surface area (Å²) in [6.45, 7) is 4.56. The van der Waals surface area contributed by atoms with Gasteiger partial charge < -0.3 is 20.2 Å². The summed E-state index contributed by atoms with van der Waals surface area (Å²) in [7, 11) is 0. The molecule has 108 valence electrons. The zero-order chi connectivity index (χ0) is 14.4. The minimum Gasteiger partial charge on any atom is -0.480 e. The molecular formula is C12H21N3O4. The van der Waals surface area contributed by atoms with E-state index in [0.29, 0.717) is 26.1 Å². The molecular weight excluding hydrogens is 250 g/mol. The van der Waals surface area contributed by atoms with Gasteiger partial charge in [-0.05, 0) is 13.3 Å². The third-order valence-corrected chi connectivity index (χ3v) is 3.26. The standard InChI is InChI=1S/C12H21N3O4/c1-3-9(2)15(8-11(17)18)12(19)14-6-4-10(16)13-5-7-14/h9H,3-8H2,1-2H3,(H,13,16)(H,17,18). The van der Waals surface area contributed by atoms with E-state index in [1.165, 1.54) is 9.80 Å². The molecule has 0 aromatic rings. The van der Waals surface area contributed by atoms with Crippen LogP contribution in [0.15, 0.2) is 0 Å². The monoisotopic (exact) mass is 271 g/mol. The summed E-state index contributed by atoms with van der Waals surface area (Å²) < 4.78 is 0. The van der Waals surface area contributed by atoms with E-state index < -0.39 is 5.97 Å². The smallest absolute Gasteiger partial charge is 0.323 e. The van der Waals surface area contributed by atoms with Gasteiger partial charge in [0.2, 0.25) is 5.91 Å². The van der Waals surface area contributed by atoms with Crippen LogP contribution in [0.4, 0.5) is 4.79 Å². The first-order valence-electron chi connectivity index (χ1n) is 6.49. The number of amides is 3. The second-order valence-electron chi connectivity index (χ2n) is 4.65. The molecule has 0 radical (unpaired) electrons. The van der Waals surface area contributed by atoms with Gasteiger partial charge in [0.05, 0.1) is 0 Å². The van der Waals surface area contributed by atoms with E-state index in [1.54, 1.807) is 0 Å². The first kappa shape index (κ1) is 15.3. The van der Waals surface area contributed by atoms with Crippen molar-refractivity contribution in [2.45, 2.75) is 32.7 Å². The van der Waals surface area contributed by atoms with Gasteiger partial charge in [-0.2, -0.15) is 0 Å². The lowest BCUT2D eigenvalue weighted by Gasteiger charge is -2.32. The summed E-state index contributed by atoms with van der Waals surface area (Å²) in [6.07, 6.45) is 0.942. The third kappa shape index (κ3) is 4.42. The molecule has 1 aliphatic rings. The highest BCUT2D eigenvalue weighted by atomic mass is 16.4. The van der Waals surface area contributed by atoms with Gasteiger partial charge in [0.1, 0.15) is 6.54 Å². The van der Waals surface area contributed by atoms with Crippen LogP contribution in [0.25, 0.3) is 0 Å². The average molecular weight is 271 g/mol. The minimum absolute atomic E-state index is 0.0800. The van der Waals surface area contributed by atoms with Gasteiger partial charge in [-0.25, -0.2) is 4.79 Å². The molecule has 1 aliphatic heterocycles. The molecule has 0 spiro atoms. The number of carboxylic acids is 1. The maximum atomic E-state index is 12.3. The zero-order valence-corrected chi connectivity index (χ0v) is 11.4. The van der Waals surface area contributed by atoms with Gasteiger partial charge in [-0.3, -0.25) is 9.59 Å². The van der Waals surface area contributed by atoms with Gasteiger partial charge in [0.25, 0.3) is 0 Å². The molecule has 0 aromatic carbocycles. The summed E-state index contributed by atoms with van der Waals surface area (Å²) in [5.74, 6) is -1.11. The largest absolute Gasteiger partial charge is 0.480 e. The summed E-state index contributed by atoms with van der Waals surface area (Å²) >= 11 is 0. The SMILES string of the molecule is CCC(C)N(CC(=O)O)C(=O)N1CCNC(=O)CC1. The lowest BCUT2D eigenvalue weighted by Crippen LogP contribution is -2.50. The van der Waals surface area contributed by atoms with E-state index in [4.69, 9.17) is 5.11 Å². The number of nitrogens with zero attached hydrogens (tertiary/aromatic N) is 2. The van der Waals surface area contributed by atoms with E-state index in [-0.39, 0.29) is 30.9 Å². The van der Waals surface area contributed by atoms with Crippen LogP contribution in [-0.4, -0.2) is 65.0 Å². The van der Waals surface area contributed by atoms with Crippen LogP contribution in [0.2, 0.25) is 0 Å². The van der Waals surface area contributed by atoms with Crippen molar-refractivity contribution in [3.63, 3.8) is 0 Å². The van der Waals surface area contributed by atoms with Crippen LogP contribution in [0.1, 0.15) is 26.7 Å². The summed E-state index contributed by atoms with van der Waals surface area (Å²) in [5, 5.41) is 11.6. The first-order valence-corrected chi connectivity index (χ1v) is 6.49. The van der Waals surface area contributed by atoms with Crippen LogP contribution in [0.3, 0.4) is 0 Å². The predicted molar refractivity (Wildman–Crippen MR) is 68.7 cm³/mol. The highest BCUT2D eigenvalue weighted by molar-refractivity contribution is 5.82. The molecule has 0 aromatic heterocycles. The highest BCUT2D eigenvalue weighted by Gasteiger charge is 2.27. The molecule has 0 aliphatic carbocycles. The molecule has 0 saturated carbocycles. The Bertz CT molecular complexity index is 359. The molecule has 0 bridgehead atoms. The van der Waals surface area contributed by atoms with Crippen molar-refractivity contribution in [2.24, 2.45) is 0 Å². The maximum absolute atomic E-state index is 12.3. The van der Waals surface area contributed by atoms with Crippen molar-refractivity contribution in [2.75, 3.05) is 26.2 Å². The number of carbonyl (C=O) groups excluding carboxylic acids is 2. The first-order chi connectivity index (χ1) is 8.95. The maximum Gasteiger partial charge on any atom is 0.323 e. The van der Waals surface area contributed by atoms with Crippen LogP contribution in [0, 0.1) is 0 Å². The number of rotatable bonds is 4. The van der Waals surface area contributed by atoms with Gasteiger partial charge >= 0.3 is 12.0 Å². The predicted octanol–water partition coefficient (Wildman–Crippen LogP) is 0.113. The fourth-order valence-electron chi connectivity index (χ4n) is 1.92. The second-order valence-corrected chi connectivity index (χ2v) is 4.65. The van der Waals surface area contributed by atoms with E-state index in [2.05, 4.69) is 5.32 Å². The molecule has 2 N–H and O–H groups in total. The normalized spacial score (nSPS) is 17.4. The summed E-state index contributed by atoms with van der Waals surface area (Å²) in [5.41, 5.74) is 0. The van der Waals surface area contributed by atoms with Gasteiger partial charge in [-0.15, -0.1) is 0 Å². The number of carbonyl (C=O) groups is 3. The van der Waals surface area contributed by atoms with E-state index in [9.17, 15) is 14.4 Å². The summed E-state index contributed by atoms with van der Waals surface area (Å²) in [6, 6.07) is -0.455. The Morgan fingerprint density at radius 3 is 2.74 bits per heavy atom. The molecule has 1 heterocycles. The molecule has 3 amide bonds. The number of nitrogens with one attached hydrogen (secondary N) is 1. The van der Waals surface area contributed by atoms with Crippen molar-refractivity contribution in [1.29, 1.82) is 0 Å². The Kier molecular flexibility index (Phi) is 5.59. The van der Waals surface area contributed by atoms with Crippen molar-refractivity contribution in [3.8, 4) is 0 Å². The number of urea groups is 1. The van der Waals surface area contributed by atoms with Crippen LogP contribution < -0.4 is 5.32 Å². The second kappa shape index (κ2) is 6.96. The Morgan fingerprint density at radius 1 is 1.47 bits per heavy atom. The average Bonchev–Trinajstić information content (AvgIpc) is 2.59. The Morgan fingerprint density at radius 2 is 2.16 bits per heavy atom. The number of hydrogen-bond acceptors (Lipinski definition) is 3. The van der Waals surface area contributed by atoms with Gasteiger partial charge in [0.15, 0.2) is 0 Å². The molecule has 1 atom stereocenters. The fraction of sp³-hybridized carbons (Fsp3) is 0.750. The Balaban J connectivity index is 2.74. The van der Waals surface area contributed by atoms with Crippen LogP contribution >= 0.6 is 0 Å². The number of aliphatic carboxylic acids is 1. The lowest BCUT2D eigenvalue weighted by atomic mass is 10.2. The molecule has 19 heavy (non-hydrogen) atoms. The van der Waals surface area contributed by atoms with Crippen LogP contribution in [-0.2, 0) is 9.59 Å². The molecule has 1 saturated heterocycles. The lowest BCUT2D eigenvalue weighted by molar-refractivity contribution is -0.138. The van der Waals surface area contributed by atoms with Crippen molar-refractivity contribution >= 4 is 17.9 Å². The molecule has 1 unspecified atom stereocenters. The molecule has 7 heteroatoms. The van der Waals surface area contributed by atoms with E-state index in [1.807, 2.05) is 13.8 Å². The van der Waals surface area contributed by atoms with Gasteiger partial charge in [0, 0.05) is 32.1 Å². The number of hydrogen-bond donors (Lipinski definition) is 2. The van der Waals surface area contributed by atoms with Crippen molar-refractivity contribution in [1.82, 2.24) is 15.1 Å². The fourth-order valence-corrected chi connectivity index (χ4v) is 1.92. The zero-order valence-electron chi connectivity index (χ0n) is 11.4. The molecule has 1 rings (SSSR count). The Labute approximate surface area is 112 Å². The Hall–Kier alpha value is -1.79. The minimum atomic E-state index is -1.03. The quantitative estimate of drug-likeness (QED) is 0.759. The topological polar surface area (TPSA) is 90.0 Å². The van der Waals surface area contributed by atoms with Crippen LogP contribution in [0.5, 0.6) is 0 Å². The third-order valence-electron chi connectivity index (χ3n) is 3.26.